The lowest BCUT2D eigenvalue weighted by molar-refractivity contribution is 0.415. The van der Waals surface area contributed by atoms with Gasteiger partial charge < -0.3 is 4.74 Å². The van der Waals surface area contributed by atoms with E-state index >= 15 is 0 Å². The van der Waals surface area contributed by atoms with Gasteiger partial charge in [-0.1, -0.05) is 23.2 Å². The molecule has 1 aromatic carbocycles. The third-order valence-electron chi connectivity index (χ3n) is 1.96. The maximum Gasteiger partial charge on any atom is 0.138 e. The Bertz CT molecular complexity index is 485. The van der Waals surface area contributed by atoms with E-state index in [-0.39, 0.29) is 0 Å². The van der Waals surface area contributed by atoms with Crippen molar-refractivity contribution < 1.29 is 4.74 Å². The molecule has 0 saturated heterocycles. The van der Waals surface area contributed by atoms with Gasteiger partial charge >= 0.3 is 0 Å². The second-order valence-electron chi connectivity index (χ2n) is 2.82. The number of fused-ring (bicyclic) bond motifs is 1. The predicted octanol–water partition coefficient (Wildman–Crippen LogP) is 3.55. The zero-order chi connectivity index (χ0) is 10.1. The van der Waals surface area contributed by atoms with Gasteiger partial charge in [0.15, 0.2) is 0 Å². The molecule has 1 heterocycles. The summed E-state index contributed by atoms with van der Waals surface area (Å²) in [6.07, 6.45) is 0. The van der Waals surface area contributed by atoms with Crippen molar-refractivity contribution in [2.75, 3.05) is 7.11 Å². The third kappa shape index (κ3) is 1.63. The number of halogens is 2. The summed E-state index contributed by atoms with van der Waals surface area (Å²) in [5.41, 5.74) is 0. The number of methoxy groups -OCH3 is 1. The highest BCUT2D eigenvalue weighted by Gasteiger charge is 2.03. The number of nitrogens with zero attached hydrogens (tertiary/aromatic N) is 1. The van der Waals surface area contributed by atoms with Gasteiger partial charge in [-0.05, 0) is 29.7 Å². The molecule has 0 fully saturated rings. The summed E-state index contributed by atoms with van der Waals surface area (Å²) in [6, 6.07) is 7.32. The van der Waals surface area contributed by atoms with E-state index in [0.29, 0.717) is 10.3 Å². The molecule has 0 amide bonds. The van der Waals surface area contributed by atoms with E-state index in [1.165, 1.54) is 0 Å². The Kier molecular flexibility index (Phi) is 2.48. The van der Waals surface area contributed by atoms with Crippen molar-refractivity contribution in [1.29, 1.82) is 0 Å². The van der Waals surface area contributed by atoms with Crippen LogP contribution in [-0.2, 0) is 0 Å². The Morgan fingerprint density at radius 1 is 1.21 bits per heavy atom. The van der Waals surface area contributed by atoms with Gasteiger partial charge in [0.1, 0.15) is 16.1 Å². The smallest absolute Gasteiger partial charge is 0.138 e. The molecule has 14 heavy (non-hydrogen) atoms. The first-order chi connectivity index (χ1) is 6.70. The van der Waals surface area contributed by atoms with Gasteiger partial charge in [-0.25, -0.2) is 4.98 Å². The van der Waals surface area contributed by atoms with Crippen molar-refractivity contribution in [2.24, 2.45) is 0 Å². The second-order valence-corrected chi connectivity index (χ2v) is 3.57. The summed E-state index contributed by atoms with van der Waals surface area (Å²) in [7, 11) is 1.62. The van der Waals surface area contributed by atoms with Crippen molar-refractivity contribution in [2.45, 2.75) is 0 Å². The van der Waals surface area contributed by atoms with Gasteiger partial charge in [0.2, 0.25) is 0 Å². The zero-order valence-electron chi connectivity index (χ0n) is 7.42. The number of ether oxygens (including phenoxy) is 1. The fraction of sp³-hybridized carbons (Fsp3) is 0.100. The summed E-state index contributed by atoms with van der Waals surface area (Å²) in [5, 5.41) is 2.59. The van der Waals surface area contributed by atoms with Crippen LogP contribution in [0.4, 0.5) is 0 Å². The van der Waals surface area contributed by atoms with E-state index in [4.69, 9.17) is 27.9 Å². The summed E-state index contributed by atoms with van der Waals surface area (Å²) in [4.78, 5) is 3.95. The molecule has 2 rings (SSSR count). The first kappa shape index (κ1) is 9.56. The molecule has 0 aliphatic heterocycles. The van der Waals surface area contributed by atoms with E-state index in [1.54, 1.807) is 13.2 Å². The number of pyridine rings is 1. The molecule has 0 aliphatic carbocycles. The van der Waals surface area contributed by atoms with Gasteiger partial charge in [0.25, 0.3) is 0 Å². The van der Waals surface area contributed by atoms with Crippen LogP contribution in [0.3, 0.4) is 0 Å². The number of benzene rings is 1. The van der Waals surface area contributed by atoms with Crippen LogP contribution in [0.1, 0.15) is 0 Å². The number of aromatic nitrogens is 1. The minimum Gasteiger partial charge on any atom is -0.497 e. The molecule has 0 N–H and O–H groups in total. The number of rotatable bonds is 1. The fourth-order valence-electron chi connectivity index (χ4n) is 1.29. The Balaban J connectivity index is 2.75. The molecule has 0 radical (unpaired) electrons. The summed E-state index contributed by atoms with van der Waals surface area (Å²) < 4.78 is 5.10. The number of hydrogen-bond donors (Lipinski definition) is 0. The molecule has 0 unspecified atom stereocenters. The minimum atomic E-state index is 0.385. The Morgan fingerprint density at radius 3 is 2.71 bits per heavy atom. The Hall–Kier alpha value is -0.990. The fourth-order valence-corrected chi connectivity index (χ4v) is 1.80. The van der Waals surface area contributed by atoms with Gasteiger partial charge in [-0.15, -0.1) is 0 Å². The van der Waals surface area contributed by atoms with Crippen molar-refractivity contribution in [3.63, 3.8) is 0 Å². The van der Waals surface area contributed by atoms with E-state index < -0.39 is 0 Å². The lowest BCUT2D eigenvalue weighted by atomic mass is 10.2. The van der Waals surface area contributed by atoms with E-state index in [1.807, 2.05) is 18.2 Å². The van der Waals surface area contributed by atoms with Crippen molar-refractivity contribution in [3.05, 3.63) is 34.6 Å². The second kappa shape index (κ2) is 3.64. The van der Waals surface area contributed by atoms with Crippen molar-refractivity contribution >= 4 is 34.0 Å². The van der Waals surface area contributed by atoms with Crippen LogP contribution in [0.2, 0.25) is 10.3 Å². The van der Waals surface area contributed by atoms with Crippen LogP contribution in [0, 0.1) is 0 Å². The highest BCUT2D eigenvalue weighted by atomic mass is 35.5. The molecule has 4 heteroatoms. The normalized spacial score (nSPS) is 10.5. The first-order valence-electron chi connectivity index (χ1n) is 4.00. The first-order valence-corrected chi connectivity index (χ1v) is 4.76. The Labute approximate surface area is 91.4 Å². The lowest BCUT2D eigenvalue weighted by Crippen LogP contribution is -1.84. The highest BCUT2D eigenvalue weighted by molar-refractivity contribution is 6.36. The van der Waals surface area contributed by atoms with Crippen LogP contribution < -0.4 is 4.74 Å². The van der Waals surface area contributed by atoms with E-state index in [9.17, 15) is 0 Å². The SMILES string of the molecule is COc1ccc2c(Cl)nc(Cl)cc2c1. The molecule has 2 nitrogen and oxygen atoms in total. The largest absolute Gasteiger partial charge is 0.497 e. The highest BCUT2D eigenvalue weighted by Crippen LogP contribution is 2.27. The molecule has 72 valence electrons. The molecule has 0 atom stereocenters. The minimum absolute atomic E-state index is 0.385. The summed E-state index contributed by atoms with van der Waals surface area (Å²) >= 11 is 11.7. The van der Waals surface area contributed by atoms with Crippen LogP contribution >= 0.6 is 23.2 Å². The lowest BCUT2D eigenvalue weighted by Gasteiger charge is -2.03. The third-order valence-corrected chi connectivity index (χ3v) is 2.44. The summed E-state index contributed by atoms with van der Waals surface area (Å²) in [6.45, 7) is 0. The van der Waals surface area contributed by atoms with Crippen LogP contribution in [0.15, 0.2) is 24.3 Å². The molecule has 0 aliphatic rings. The van der Waals surface area contributed by atoms with Gasteiger partial charge in [0.05, 0.1) is 7.11 Å². The van der Waals surface area contributed by atoms with Crippen LogP contribution in [0.5, 0.6) is 5.75 Å². The average molecular weight is 228 g/mol. The van der Waals surface area contributed by atoms with E-state index in [2.05, 4.69) is 4.98 Å². The molecule has 0 saturated carbocycles. The Morgan fingerprint density at radius 2 is 2.00 bits per heavy atom. The van der Waals surface area contributed by atoms with Crippen molar-refractivity contribution in [1.82, 2.24) is 4.98 Å². The molecule has 0 bridgehead atoms. The maximum absolute atomic E-state index is 5.92. The summed E-state index contributed by atoms with van der Waals surface area (Å²) in [5.74, 6) is 0.774. The standard InChI is InChI=1S/C10H7Cl2NO/c1-14-7-2-3-8-6(4-7)5-9(11)13-10(8)12/h2-5H,1H3. The monoisotopic (exact) mass is 227 g/mol. The molecule has 2 aromatic rings. The number of hydrogen-bond acceptors (Lipinski definition) is 2. The topological polar surface area (TPSA) is 22.1 Å². The van der Waals surface area contributed by atoms with Gasteiger partial charge in [-0.2, -0.15) is 0 Å². The maximum atomic E-state index is 5.92. The van der Waals surface area contributed by atoms with Gasteiger partial charge in [0, 0.05) is 5.39 Å². The molecular weight excluding hydrogens is 221 g/mol. The van der Waals surface area contributed by atoms with Crippen LogP contribution in [0.25, 0.3) is 10.8 Å². The van der Waals surface area contributed by atoms with Gasteiger partial charge in [-0.3, -0.25) is 0 Å². The molecule has 0 spiro atoms. The van der Waals surface area contributed by atoms with Crippen molar-refractivity contribution in [3.8, 4) is 5.75 Å². The predicted molar refractivity (Wildman–Crippen MR) is 58.3 cm³/mol. The molecular formula is C10H7Cl2NO. The molecule has 1 aromatic heterocycles. The van der Waals surface area contributed by atoms with E-state index in [0.717, 1.165) is 16.5 Å². The van der Waals surface area contributed by atoms with Crippen LogP contribution in [-0.4, -0.2) is 12.1 Å². The zero-order valence-corrected chi connectivity index (χ0v) is 8.93. The quantitative estimate of drug-likeness (QED) is 0.696. The average Bonchev–Trinajstić information content (AvgIpc) is 2.16.